The van der Waals surface area contributed by atoms with E-state index in [9.17, 15) is 9.59 Å². The van der Waals surface area contributed by atoms with Crippen LogP contribution in [0.5, 0.6) is 0 Å². The Hall–Kier alpha value is -1.38. The summed E-state index contributed by atoms with van der Waals surface area (Å²) in [4.78, 5) is 24.7. The highest BCUT2D eigenvalue weighted by Crippen LogP contribution is 2.15. The van der Waals surface area contributed by atoms with E-state index in [2.05, 4.69) is 13.2 Å². The highest BCUT2D eigenvalue weighted by atomic mass is 16.2. The van der Waals surface area contributed by atoms with Crippen LogP contribution in [0.1, 0.15) is 46.0 Å². The van der Waals surface area contributed by atoms with Gasteiger partial charge in [0.1, 0.15) is 0 Å². The second-order valence-electron chi connectivity index (χ2n) is 4.68. The zero-order valence-electron chi connectivity index (χ0n) is 12.4. The Morgan fingerprint density at radius 1 is 1.11 bits per heavy atom. The zero-order chi connectivity index (χ0) is 14.7. The standard InChI is InChI=1S/C16H27NO2/c1-5-14(15(18)6-2)12-10-9-11-13-17(8-4)16(19)7-3/h6-7,14H,2-3,5,8-13H2,1,4H3. The van der Waals surface area contributed by atoms with Gasteiger partial charge in [0.25, 0.3) is 0 Å². The smallest absolute Gasteiger partial charge is 0.245 e. The van der Waals surface area contributed by atoms with Crippen LogP contribution in [0.15, 0.2) is 25.3 Å². The monoisotopic (exact) mass is 265 g/mol. The summed E-state index contributed by atoms with van der Waals surface area (Å²) >= 11 is 0. The number of carbonyl (C=O) groups excluding carboxylic acids is 2. The molecule has 0 saturated carbocycles. The van der Waals surface area contributed by atoms with Gasteiger partial charge >= 0.3 is 0 Å². The van der Waals surface area contributed by atoms with Crippen LogP contribution in [0.2, 0.25) is 0 Å². The van der Waals surface area contributed by atoms with Gasteiger partial charge in [-0.25, -0.2) is 0 Å². The number of rotatable bonds is 11. The molecule has 3 nitrogen and oxygen atoms in total. The average Bonchev–Trinajstić information content (AvgIpc) is 2.45. The molecule has 0 spiro atoms. The quantitative estimate of drug-likeness (QED) is 0.424. The molecule has 0 aliphatic rings. The third kappa shape index (κ3) is 6.94. The number of hydrogen-bond donors (Lipinski definition) is 0. The van der Waals surface area contributed by atoms with E-state index < -0.39 is 0 Å². The molecule has 0 fully saturated rings. The van der Waals surface area contributed by atoms with Crippen molar-refractivity contribution in [3.05, 3.63) is 25.3 Å². The molecule has 0 aliphatic heterocycles. The minimum absolute atomic E-state index is 0.00392. The van der Waals surface area contributed by atoms with E-state index in [1.54, 1.807) is 4.90 Å². The fourth-order valence-electron chi connectivity index (χ4n) is 2.14. The lowest BCUT2D eigenvalue weighted by Gasteiger charge is -2.19. The minimum Gasteiger partial charge on any atom is -0.339 e. The molecule has 0 N–H and O–H groups in total. The first kappa shape index (κ1) is 17.6. The lowest BCUT2D eigenvalue weighted by molar-refractivity contribution is -0.125. The summed E-state index contributed by atoms with van der Waals surface area (Å²) in [5, 5.41) is 0. The largest absolute Gasteiger partial charge is 0.339 e. The second-order valence-corrected chi connectivity index (χ2v) is 4.68. The highest BCUT2D eigenvalue weighted by molar-refractivity contribution is 5.91. The third-order valence-corrected chi connectivity index (χ3v) is 3.44. The molecule has 0 aromatic rings. The molecule has 1 amide bonds. The van der Waals surface area contributed by atoms with Crippen LogP contribution in [0.3, 0.4) is 0 Å². The van der Waals surface area contributed by atoms with Gasteiger partial charge in [0.05, 0.1) is 0 Å². The molecule has 0 aromatic heterocycles. The molecule has 0 aliphatic carbocycles. The van der Waals surface area contributed by atoms with Crippen LogP contribution in [-0.4, -0.2) is 29.7 Å². The van der Waals surface area contributed by atoms with E-state index in [0.29, 0.717) is 0 Å². The van der Waals surface area contributed by atoms with Gasteiger partial charge in [-0.3, -0.25) is 9.59 Å². The summed E-state index contributed by atoms with van der Waals surface area (Å²) in [6, 6.07) is 0. The molecule has 0 radical (unpaired) electrons. The van der Waals surface area contributed by atoms with Crippen LogP contribution in [0.4, 0.5) is 0 Å². The van der Waals surface area contributed by atoms with Crippen LogP contribution in [0.25, 0.3) is 0 Å². The van der Waals surface area contributed by atoms with Crippen molar-refractivity contribution >= 4 is 11.7 Å². The van der Waals surface area contributed by atoms with Crippen molar-refractivity contribution in [1.82, 2.24) is 4.90 Å². The molecule has 108 valence electrons. The number of nitrogens with zero attached hydrogens (tertiary/aromatic N) is 1. The van der Waals surface area contributed by atoms with Crippen molar-refractivity contribution in [1.29, 1.82) is 0 Å². The Balaban J connectivity index is 3.85. The van der Waals surface area contributed by atoms with E-state index in [4.69, 9.17) is 0 Å². The van der Waals surface area contributed by atoms with Gasteiger partial charge in [-0.05, 0) is 38.3 Å². The predicted molar refractivity (Wildman–Crippen MR) is 79.9 cm³/mol. The summed E-state index contributed by atoms with van der Waals surface area (Å²) in [5.74, 6) is 0.268. The van der Waals surface area contributed by atoms with Gasteiger partial charge in [-0.1, -0.05) is 32.9 Å². The number of unbranched alkanes of at least 4 members (excludes halogenated alkanes) is 2. The van der Waals surface area contributed by atoms with Gasteiger partial charge in [-0.15, -0.1) is 0 Å². The Bertz CT molecular complexity index is 280. The first-order valence-corrected chi connectivity index (χ1v) is 7.18. The van der Waals surface area contributed by atoms with E-state index in [-0.39, 0.29) is 17.6 Å². The zero-order valence-corrected chi connectivity index (χ0v) is 12.4. The van der Waals surface area contributed by atoms with E-state index >= 15 is 0 Å². The normalized spacial score (nSPS) is 11.7. The van der Waals surface area contributed by atoms with Crippen LogP contribution >= 0.6 is 0 Å². The van der Waals surface area contributed by atoms with Crippen molar-refractivity contribution in [3.63, 3.8) is 0 Å². The topological polar surface area (TPSA) is 37.4 Å². The molecular weight excluding hydrogens is 238 g/mol. The molecule has 1 atom stereocenters. The highest BCUT2D eigenvalue weighted by Gasteiger charge is 2.12. The van der Waals surface area contributed by atoms with Crippen LogP contribution < -0.4 is 0 Å². The minimum atomic E-state index is -0.00392. The summed E-state index contributed by atoms with van der Waals surface area (Å²) in [5.41, 5.74) is 0. The third-order valence-electron chi connectivity index (χ3n) is 3.44. The lowest BCUT2D eigenvalue weighted by atomic mass is 9.94. The first-order chi connectivity index (χ1) is 9.10. The number of amides is 1. The number of hydrogen-bond acceptors (Lipinski definition) is 2. The Morgan fingerprint density at radius 3 is 2.26 bits per heavy atom. The Morgan fingerprint density at radius 2 is 1.79 bits per heavy atom. The van der Waals surface area contributed by atoms with Crippen molar-refractivity contribution in [2.45, 2.75) is 46.0 Å². The van der Waals surface area contributed by atoms with Gasteiger partial charge in [0.15, 0.2) is 5.78 Å². The lowest BCUT2D eigenvalue weighted by Crippen LogP contribution is -2.30. The summed E-state index contributed by atoms with van der Waals surface area (Å²) in [7, 11) is 0. The fourth-order valence-corrected chi connectivity index (χ4v) is 2.14. The van der Waals surface area contributed by atoms with Gasteiger partial charge in [0, 0.05) is 19.0 Å². The number of carbonyl (C=O) groups is 2. The summed E-state index contributed by atoms with van der Waals surface area (Å²) in [6.07, 6.45) is 7.63. The average molecular weight is 265 g/mol. The summed E-state index contributed by atoms with van der Waals surface area (Å²) < 4.78 is 0. The van der Waals surface area contributed by atoms with Crippen molar-refractivity contribution in [3.8, 4) is 0 Å². The Labute approximate surface area is 117 Å². The molecule has 0 heterocycles. The molecule has 0 bridgehead atoms. The molecule has 0 aromatic carbocycles. The van der Waals surface area contributed by atoms with Crippen LogP contribution in [-0.2, 0) is 9.59 Å². The maximum Gasteiger partial charge on any atom is 0.245 e. The predicted octanol–water partition coefficient (Wildman–Crippen LogP) is 3.36. The van der Waals surface area contributed by atoms with Crippen molar-refractivity contribution in [2.75, 3.05) is 13.1 Å². The SMILES string of the molecule is C=CC(=O)C(CC)CCCCCN(CC)C(=O)C=C. The molecular formula is C16H27NO2. The van der Waals surface area contributed by atoms with Crippen molar-refractivity contribution in [2.24, 2.45) is 5.92 Å². The number of likely N-dealkylation sites (N-methyl/N-ethyl adjacent to an activating group) is 1. The van der Waals surface area contributed by atoms with Gasteiger partial charge in [0.2, 0.25) is 5.91 Å². The van der Waals surface area contributed by atoms with E-state index in [0.717, 1.165) is 45.2 Å². The Kier molecular flexibility index (Phi) is 9.77. The molecule has 1 unspecified atom stereocenters. The molecule has 0 rings (SSSR count). The molecule has 19 heavy (non-hydrogen) atoms. The number of ketones is 1. The van der Waals surface area contributed by atoms with Gasteiger partial charge < -0.3 is 4.90 Å². The summed E-state index contributed by atoms with van der Waals surface area (Å²) in [6.45, 7) is 12.5. The maximum atomic E-state index is 11.5. The maximum absolute atomic E-state index is 11.5. The van der Waals surface area contributed by atoms with Gasteiger partial charge in [-0.2, -0.15) is 0 Å². The number of allylic oxidation sites excluding steroid dienone is 1. The van der Waals surface area contributed by atoms with Crippen molar-refractivity contribution < 1.29 is 9.59 Å². The molecule has 3 heteroatoms. The fraction of sp³-hybridized carbons (Fsp3) is 0.625. The first-order valence-electron chi connectivity index (χ1n) is 7.18. The van der Waals surface area contributed by atoms with E-state index in [1.807, 2.05) is 13.8 Å². The van der Waals surface area contributed by atoms with Crippen LogP contribution in [0, 0.1) is 5.92 Å². The molecule has 0 saturated heterocycles. The second kappa shape index (κ2) is 10.5. The van der Waals surface area contributed by atoms with E-state index in [1.165, 1.54) is 12.2 Å².